The maximum absolute atomic E-state index is 6.33. The topological polar surface area (TPSA) is 20.5 Å². The van der Waals surface area contributed by atoms with Gasteiger partial charge in [0, 0.05) is 30.7 Å². The second-order valence-electron chi connectivity index (χ2n) is 5.20. The Balaban J connectivity index is 1.86. The van der Waals surface area contributed by atoms with E-state index in [1.54, 1.807) is 22.7 Å². The summed E-state index contributed by atoms with van der Waals surface area (Å²) in [6.07, 6.45) is 3.17. The van der Waals surface area contributed by atoms with Gasteiger partial charge in [-0.25, -0.2) is 4.98 Å². The molecule has 0 saturated heterocycles. The molecule has 0 aliphatic carbocycles. The van der Waals surface area contributed by atoms with Gasteiger partial charge in [0.05, 0.1) is 5.69 Å². The number of halogens is 1. The molecule has 3 heterocycles. The Hall–Kier alpha value is -0.880. The van der Waals surface area contributed by atoms with Gasteiger partial charge in [0.2, 0.25) is 0 Å². The van der Waals surface area contributed by atoms with Crippen LogP contribution in [0.3, 0.4) is 0 Å². The normalized spacial score (nSPS) is 13.3. The molecular formula is C15H18ClN3S2. The average molecular weight is 340 g/mol. The molecule has 3 aromatic heterocycles. The molecule has 0 unspecified atom stereocenters. The number of fused-ring (bicyclic) bond motifs is 1. The molecule has 112 valence electrons. The molecule has 3 nitrogen and oxygen atoms in total. The minimum atomic E-state index is 0.505. The van der Waals surface area contributed by atoms with Crippen LogP contribution in [-0.4, -0.2) is 20.3 Å². The highest BCUT2D eigenvalue weighted by Crippen LogP contribution is 2.25. The molecule has 21 heavy (non-hydrogen) atoms. The van der Waals surface area contributed by atoms with E-state index < -0.39 is 0 Å². The molecule has 0 aliphatic heterocycles. The zero-order valence-electron chi connectivity index (χ0n) is 12.1. The maximum atomic E-state index is 6.33. The Morgan fingerprint density at radius 1 is 1.38 bits per heavy atom. The first kappa shape index (κ1) is 15.0. The highest BCUT2D eigenvalue weighted by Gasteiger charge is 2.19. The van der Waals surface area contributed by atoms with Gasteiger partial charge < -0.3 is 0 Å². The van der Waals surface area contributed by atoms with Crippen LogP contribution in [0.2, 0.25) is 5.15 Å². The minimum Gasteiger partial charge on any atom is -0.292 e. The van der Waals surface area contributed by atoms with Crippen LogP contribution < -0.4 is 0 Å². The minimum absolute atomic E-state index is 0.505. The lowest BCUT2D eigenvalue weighted by Crippen LogP contribution is -2.32. The summed E-state index contributed by atoms with van der Waals surface area (Å²) in [6.45, 7) is 6.27. The average Bonchev–Trinajstić information content (AvgIpc) is 3.17. The first-order chi connectivity index (χ1) is 10.2. The lowest BCUT2D eigenvalue weighted by molar-refractivity contribution is 0.183. The second kappa shape index (κ2) is 6.48. The fraction of sp³-hybridized carbons (Fsp3) is 0.400. The van der Waals surface area contributed by atoms with Gasteiger partial charge in [-0.1, -0.05) is 18.5 Å². The van der Waals surface area contributed by atoms with E-state index >= 15 is 0 Å². The van der Waals surface area contributed by atoms with Crippen molar-refractivity contribution in [3.05, 3.63) is 44.8 Å². The third-order valence-corrected chi connectivity index (χ3v) is 5.64. The highest BCUT2D eigenvalue weighted by molar-refractivity contribution is 7.15. The number of thiazole rings is 1. The van der Waals surface area contributed by atoms with Gasteiger partial charge in [-0.15, -0.1) is 11.3 Å². The standard InChI is InChI=1S/C15H18ClN3S2/c1-3-11(2)18(8-12-4-6-20-10-12)9-13-14(16)17-15-19(13)5-7-21-15/h4-7,10-11H,3,8-9H2,1-2H3/t11-/m0/s1. The van der Waals surface area contributed by atoms with Crippen LogP contribution in [0, 0.1) is 0 Å². The van der Waals surface area contributed by atoms with Crippen molar-refractivity contribution in [1.29, 1.82) is 0 Å². The monoisotopic (exact) mass is 339 g/mol. The van der Waals surface area contributed by atoms with Crippen molar-refractivity contribution >= 4 is 39.2 Å². The molecule has 0 aliphatic rings. The third-order valence-electron chi connectivity index (χ3n) is 3.84. The first-order valence-corrected chi connectivity index (χ1v) is 9.24. The zero-order chi connectivity index (χ0) is 14.8. The van der Waals surface area contributed by atoms with Crippen LogP contribution in [0.5, 0.6) is 0 Å². The van der Waals surface area contributed by atoms with Crippen molar-refractivity contribution < 1.29 is 0 Å². The van der Waals surface area contributed by atoms with E-state index in [-0.39, 0.29) is 0 Å². The number of hydrogen-bond acceptors (Lipinski definition) is 4. The predicted molar refractivity (Wildman–Crippen MR) is 91.4 cm³/mol. The molecular weight excluding hydrogens is 322 g/mol. The molecule has 0 spiro atoms. The smallest absolute Gasteiger partial charge is 0.195 e. The van der Waals surface area contributed by atoms with Gasteiger partial charge in [0.25, 0.3) is 0 Å². The van der Waals surface area contributed by atoms with Gasteiger partial charge in [-0.2, -0.15) is 11.3 Å². The van der Waals surface area contributed by atoms with Gasteiger partial charge in [0.15, 0.2) is 10.1 Å². The van der Waals surface area contributed by atoms with Gasteiger partial charge >= 0.3 is 0 Å². The lowest BCUT2D eigenvalue weighted by Gasteiger charge is -2.28. The van der Waals surface area contributed by atoms with Crippen molar-refractivity contribution in [3.8, 4) is 0 Å². The Labute approximate surface area is 137 Å². The predicted octanol–water partition coefficient (Wildman–Crippen LogP) is 4.91. The SMILES string of the molecule is CC[C@H](C)N(Cc1ccsc1)Cc1c(Cl)nc2sccn12. The quantitative estimate of drug-likeness (QED) is 0.636. The molecule has 6 heteroatoms. The van der Waals surface area contributed by atoms with Crippen molar-refractivity contribution in [2.45, 2.75) is 39.4 Å². The van der Waals surface area contributed by atoms with Gasteiger partial charge in [-0.3, -0.25) is 9.30 Å². The maximum Gasteiger partial charge on any atom is 0.195 e. The largest absolute Gasteiger partial charge is 0.292 e. The van der Waals surface area contributed by atoms with Crippen LogP contribution in [0.1, 0.15) is 31.5 Å². The Morgan fingerprint density at radius 2 is 2.24 bits per heavy atom. The van der Waals surface area contributed by atoms with Crippen LogP contribution in [0.4, 0.5) is 0 Å². The molecule has 3 aromatic rings. The van der Waals surface area contributed by atoms with E-state index in [2.05, 4.69) is 50.3 Å². The molecule has 0 aromatic carbocycles. The van der Waals surface area contributed by atoms with Crippen LogP contribution >= 0.6 is 34.3 Å². The summed E-state index contributed by atoms with van der Waals surface area (Å²) < 4.78 is 2.11. The molecule has 0 radical (unpaired) electrons. The third kappa shape index (κ3) is 3.16. The molecule has 0 amide bonds. The Bertz CT molecular complexity index is 702. The molecule has 0 fully saturated rings. The Kier molecular flexibility index (Phi) is 4.64. The van der Waals surface area contributed by atoms with E-state index in [1.165, 1.54) is 5.56 Å². The number of thiophene rings is 1. The van der Waals surface area contributed by atoms with E-state index in [0.29, 0.717) is 11.2 Å². The lowest BCUT2D eigenvalue weighted by atomic mass is 10.2. The number of imidazole rings is 1. The molecule has 0 bridgehead atoms. The summed E-state index contributed by atoms with van der Waals surface area (Å²) in [5.41, 5.74) is 2.45. The number of hydrogen-bond donors (Lipinski definition) is 0. The summed E-state index contributed by atoms with van der Waals surface area (Å²) >= 11 is 9.70. The van der Waals surface area contributed by atoms with Crippen molar-refractivity contribution in [1.82, 2.24) is 14.3 Å². The summed E-state index contributed by atoms with van der Waals surface area (Å²) in [7, 11) is 0. The summed E-state index contributed by atoms with van der Waals surface area (Å²) in [4.78, 5) is 7.87. The molecule has 0 N–H and O–H groups in total. The van der Waals surface area contributed by atoms with E-state index in [1.807, 2.05) is 6.20 Å². The van der Waals surface area contributed by atoms with Crippen LogP contribution in [0.25, 0.3) is 4.96 Å². The summed E-state index contributed by atoms with van der Waals surface area (Å²) in [5.74, 6) is 0. The zero-order valence-corrected chi connectivity index (χ0v) is 14.5. The number of nitrogens with zero attached hydrogens (tertiary/aromatic N) is 3. The number of aromatic nitrogens is 2. The van der Waals surface area contributed by atoms with Gasteiger partial charge in [0.1, 0.15) is 0 Å². The molecule has 3 rings (SSSR count). The summed E-state index contributed by atoms with van der Waals surface area (Å²) in [5, 5.41) is 7.02. The second-order valence-corrected chi connectivity index (χ2v) is 7.21. The Morgan fingerprint density at radius 3 is 2.95 bits per heavy atom. The fourth-order valence-corrected chi connectivity index (χ4v) is 4.06. The summed E-state index contributed by atoms with van der Waals surface area (Å²) in [6, 6.07) is 2.70. The van der Waals surface area contributed by atoms with Crippen molar-refractivity contribution in [2.24, 2.45) is 0 Å². The fourth-order valence-electron chi connectivity index (χ4n) is 2.38. The number of rotatable bonds is 6. The van der Waals surface area contributed by atoms with Crippen LogP contribution in [0.15, 0.2) is 28.4 Å². The van der Waals surface area contributed by atoms with Crippen LogP contribution in [-0.2, 0) is 13.1 Å². The van der Waals surface area contributed by atoms with E-state index in [0.717, 1.165) is 30.2 Å². The first-order valence-electron chi connectivity index (χ1n) is 7.04. The van der Waals surface area contributed by atoms with Crippen molar-refractivity contribution in [2.75, 3.05) is 0 Å². The highest BCUT2D eigenvalue weighted by atomic mass is 35.5. The van der Waals surface area contributed by atoms with Crippen molar-refractivity contribution in [3.63, 3.8) is 0 Å². The van der Waals surface area contributed by atoms with Gasteiger partial charge in [-0.05, 0) is 35.7 Å². The molecule has 1 atom stereocenters. The molecule has 0 saturated carbocycles. The van der Waals surface area contributed by atoms with E-state index in [9.17, 15) is 0 Å². The van der Waals surface area contributed by atoms with E-state index in [4.69, 9.17) is 11.6 Å².